The number of carbonyl (C=O) groups is 2. The molecular weight excluding hydrogens is 336 g/mol. The molecule has 0 atom stereocenters. The van der Waals surface area contributed by atoms with Crippen molar-refractivity contribution in [1.82, 2.24) is 0 Å². The normalized spacial score (nSPS) is 15.6. The zero-order valence-corrected chi connectivity index (χ0v) is 14.9. The molecule has 1 aliphatic carbocycles. The fourth-order valence-corrected chi connectivity index (χ4v) is 3.65. The summed E-state index contributed by atoms with van der Waals surface area (Å²) in [6.45, 7) is 1.46. The zero-order valence-electron chi connectivity index (χ0n) is 14.1. The molecule has 0 heterocycles. The van der Waals surface area contributed by atoms with Gasteiger partial charge in [-0.05, 0) is 48.7 Å². The Balaban J connectivity index is 1.85. The van der Waals surface area contributed by atoms with Crippen molar-refractivity contribution in [2.45, 2.75) is 38.0 Å². The van der Waals surface area contributed by atoms with Crippen molar-refractivity contribution >= 4 is 34.8 Å². The summed E-state index contributed by atoms with van der Waals surface area (Å²) in [4.78, 5) is 24.3. The maximum absolute atomic E-state index is 13.1. The molecule has 0 aromatic heterocycles. The van der Waals surface area contributed by atoms with Crippen molar-refractivity contribution in [2.75, 3.05) is 10.6 Å². The van der Waals surface area contributed by atoms with Gasteiger partial charge >= 0.3 is 0 Å². The lowest BCUT2D eigenvalue weighted by Gasteiger charge is -2.28. The quantitative estimate of drug-likeness (QED) is 0.830. The van der Waals surface area contributed by atoms with Crippen molar-refractivity contribution in [3.05, 3.63) is 59.1 Å². The highest BCUT2D eigenvalue weighted by Crippen LogP contribution is 2.42. The molecule has 130 valence electrons. The van der Waals surface area contributed by atoms with Crippen LogP contribution in [0, 0.1) is 0 Å². The fourth-order valence-electron chi connectivity index (χ4n) is 3.52. The smallest absolute Gasteiger partial charge is 0.235 e. The third kappa shape index (κ3) is 3.85. The molecule has 5 heteroatoms. The number of halogens is 1. The molecule has 0 bridgehead atoms. The van der Waals surface area contributed by atoms with Gasteiger partial charge in [0, 0.05) is 23.3 Å². The molecule has 2 N–H and O–H groups in total. The van der Waals surface area contributed by atoms with Crippen LogP contribution in [0.1, 0.15) is 38.2 Å². The standard InChI is InChI=1S/C20H21ClN2O2/c1-14(24)22-17-5-4-6-18(13-17)23-19(25)20(11-2-3-12-20)15-7-9-16(21)10-8-15/h4-10,13H,2-3,11-12H2,1H3,(H,22,24)(H,23,25). The summed E-state index contributed by atoms with van der Waals surface area (Å²) in [6, 6.07) is 14.8. The highest BCUT2D eigenvalue weighted by Gasteiger charge is 2.42. The first-order chi connectivity index (χ1) is 12.0. The van der Waals surface area contributed by atoms with Gasteiger partial charge in [-0.3, -0.25) is 9.59 Å². The van der Waals surface area contributed by atoms with Crippen LogP contribution in [0.2, 0.25) is 5.02 Å². The van der Waals surface area contributed by atoms with E-state index in [1.165, 1.54) is 6.92 Å². The Labute approximate surface area is 152 Å². The minimum Gasteiger partial charge on any atom is -0.326 e. The van der Waals surface area contributed by atoms with Gasteiger partial charge in [0.15, 0.2) is 0 Å². The van der Waals surface area contributed by atoms with Gasteiger partial charge in [0.1, 0.15) is 0 Å². The van der Waals surface area contributed by atoms with Crippen LogP contribution in [0.15, 0.2) is 48.5 Å². The molecule has 1 saturated carbocycles. The van der Waals surface area contributed by atoms with Gasteiger partial charge < -0.3 is 10.6 Å². The molecule has 1 fully saturated rings. The number of benzene rings is 2. The average molecular weight is 357 g/mol. The number of rotatable bonds is 4. The van der Waals surface area contributed by atoms with E-state index in [0.717, 1.165) is 31.2 Å². The minimum atomic E-state index is -0.519. The number of hydrogen-bond donors (Lipinski definition) is 2. The lowest BCUT2D eigenvalue weighted by molar-refractivity contribution is -0.121. The predicted octanol–water partition coefficient (Wildman–Crippen LogP) is 4.75. The molecule has 25 heavy (non-hydrogen) atoms. The van der Waals surface area contributed by atoms with Gasteiger partial charge in [-0.1, -0.05) is 42.6 Å². The molecule has 0 aliphatic heterocycles. The summed E-state index contributed by atoms with van der Waals surface area (Å²) in [7, 11) is 0. The first-order valence-corrected chi connectivity index (χ1v) is 8.83. The van der Waals surface area contributed by atoms with Crippen molar-refractivity contribution < 1.29 is 9.59 Å². The third-order valence-corrected chi connectivity index (χ3v) is 4.98. The van der Waals surface area contributed by atoms with Gasteiger partial charge in [-0.15, -0.1) is 0 Å². The average Bonchev–Trinajstić information content (AvgIpc) is 3.06. The van der Waals surface area contributed by atoms with Gasteiger partial charge in [0.25, 0.3) is 0 Å². The second-order valence-electron chi connectivity index (χ2n) is 6.51. The van der Waals surface area contributed by atoms with Crippen LogP contribution in [0.25, 0.3) is 0 Å². The maximum Gasteiger partial charge on any atom is 0.235 e. The molecule has 0 unspecified atom stereocenters. The van der Waals surface area contributed by atoms with Crippen molar-refractivity contribution in [3.8, 4) is 0 Å². The van der Waals surface area contributed by atoms with Gasteiger partial charge in [0.05, 0.1) is 5.41 Å². The van der Waals surface area contributed by atoms with Gasteiger partial charge in [-0.25, -0.2) is 0 Å². The van der Waals surface area contributed by atoms with E-state index in [1.54, 1.807) is 12.1 Å². The third-order valence-electron chi connectivity index (χ3n) is 4.73. The molecule has 2 amide bonds. The van der Waals surface area contributed by atoms with E-state index < -0.39 is 5.41 Å². The highest BCUT2D eigenvalue weighted by molar-refractivity contribution is 6.30. The Hall–Kier alpha value is -2.33. The number of anilines is 2. The molecule has 1 aliphatic rings. The van der Waals surface area contributed by atoms with Crippen LogP contribution < -0.4 is 10.6 Å². The Bertz CT molecular complexity index is 781. The Morgan fingerprint density at radius 2 is 1.56 bits per heavy atom. The summed E-state index contributed by atoms with van der Waals surface area (Å²) in [5, 5.41) is 6.43. The summed E-state index contributed by atoms with van der Waals surface area (Å²) < 4.78 is 0. The van der Waals surface area contributed by atoms with Gasteiger partial charge in [-0.2, -0.15) is 0 Å². The van der Waals surface area contributed by atoms with E-state index in [-0.39, 0.29) is 11.8 Å². The number of amides is 2. The minimum absolute atomic E-state index is 0.00713. The number of hydrogen-bond acceptors (Lipinski definition) is 2. The van der Waals surface area contributed by atoms with E-state index in [9.17, 15) is 9.59 Å². The molecule has 2 aromatic rings. The maximum atomic E-state index is 13.1. The Kier molecular flexibility index (Phi) is 5.09. The molecular formula is C20H21ClN2O2. The Morgan fingerprint density at radius 1 is 0.960 bits per heavy atom. The summed E-state index contributed by atoms with van der Waals surface area (Å²) in [6.07, 6.45) is 3.71. The first-order valence-electron chi connectivity index (χ1n) is 8.45. The topological polar surface area (TPSA) is 58.2 Å². The van der Waals surface area contributed by atoms with Crippen LogP contribution in [0.4, 0.5) is 11.4 Å². The SMILES string of the molecule is CC(=O)Nc1cccc(NC(=O)C2(c3ccc(Cl)cc3)CCCC2)c1. The van der Waals surface area contributed by atoms with Gasteiger partial charge in [0.2, 0.25) is 11.8 Å². The lowest BCUT2D eigenvalue weighted by atomic mass is 9.78. The monoisotopic (exact) mass is 356 g/mol. The van der Waals surface area contributed by atoms with Crippen LogP contribution >= 0.6 is 11.6 Å². The van der Waals surface area contributed by atoms with E-state index in [1.807, 2.05) is 36.4 Å². The summed E-state index contributed by atoms with van der Waals surface area (Å²) in [5.74, 6) is -0.149. The molecule has 0 saturated heterocycles. The first kappa shape index (κ1) is 17.5. The summed E-state index contributed by atoms with van der Waals surface area (Å²) >= 11 is 6.00. The molecule has 2 aromatic carbocycles. The second-order valence-corrected chi connectivity index (χ2v) is 6.95. The van der Waals surface area contributed by atoms with Crippen molar-refractivity contribution in [1.29, 1.82) is 0 Å². The van der Waals surface area contributed by atoms with Crippen LogP contribution in [-0.2, 0) is 15.0 Å². The fraction of sp³-hybridized carbons (Fsp3) is 0.300. The molecule has 4 nitrogen and oxygen atoms in total. The molecule has 0 radical (unpaired) electrons. The highest BCUT2D eigenvalue weighted by atomic mass is 35.5. The van der Waals surface area contributed by atoms with E-state index in [0.29, 0.717) is 16.4 Å². The largest absolute Gasteiger partial charge is 0.326 e. The van der Waals surface area contributed by atoms with Crippen LogP contribution in [-0.4, -0.2) is 11.8 Å². The number of nitrogens with one attached hydrogen (secondary N) is 2. The van der Waals surface area contributed by atoms with Crippen molar-refractivity contribution in [2.24, 2.45) is 0 Å². The van der Waals surface area contributed by atoms with E-state index in [4.69, 9.17) is 11.6 Å². The summed E-state index contributed by atoms with van der Waals surface area (Å²) in [5.41, 5.74) is 1.83. The predicted molar refractivity (Wildman–Crippen MR) is 101 cm³/mol. The molecule has 0 spiro atoms. The lowest BCUT2D eigenvalue weighted by Crippen LogP contribution is -2.38. The zero-order chi connectivity index (χ0) is 17.9. The van der Waals surface area contributed by atoms with Crippen molar-refractivity contribution in [3.63, 3.8) is 0 Å². The Morgan fingerprint density at radius 3 is 2.16 bits per heavy atom. The molecule has 3 rings (SSSR count). The van der Waals surface area contributed by atoms with Crippen LogP contribution in [0.3, 0.4) is 0 Å². The van der Waals surface area contributed by atoms with E-state index in [2.05, 4.69) is 10.6 Å². The van der Waals surface area contributed by atoms with E-state index >= 15 is 0 Å². The number of carbonyl (C=O) groups excluding carboxylic acids is 2. The van der Waals surface area contributed by atoms with Crippen LogP contribution in [0.5, 0.6) is 0 Å². The second kappa shape index (κ2) is 7.28.